The normalized spacial score (nSPS) is 27.2. The van der Waals surface area contributed by atoms with E-state index in [2.05, 4.69) is 22.8 Å². The average molecular weight is 248 g/mol. The van der Waals surface area contributed by atoms with Crippen molar-refractivity contribution in [1.82, 2.24) is 5.32 Å². The predicted molar refractivity (Wildman–Crippen MR) is 68.4 cm³/mol. The number of alkyl halides is 1. The summed E-state index contributed by atoms with van der Waals surface area (Å²) in [5, 5.41) is 5.70. The number of hydrogen-bond donors (Lipinski definition) is 2. The zero-order chi connectivity index (χ0) is 12.5. The van der Waals surface area contributed by atoms with Gasteiger partial charge in [0.15, 0.2) is 0 Å². The van der Waals surface area contributed by atoms with Crippen LogP contribution in [0.25, 0.3) is 0 Å². The summed E-state index contributed by atoms with van der Waals surface area (Å²) < 4.78 is 13.0. The molecule has 96 valence electrons. The third-order valence-electron chi connectivity index (χ3n) is 3.62. The fourth-order valence-electron chi connectivity index (χ4n) is 2.38. The Labute approximate surface area is 106 Å². The number of halogens is 1. The Kier molecular flexibility index (Phi) is 3.04. The van der Waals surface area contributed by atoms with Gasteiger partial charge in [-0.1, -0.05) is 12.1 Å². The van der Waals surface area contributed by atoms with Crippen LogP contribution in [0.5, 0.6) is 0 Å². The standard InChI is InChI=1S/C14H17FN2O/c15-11-7-13(16-8-11)14(18)17-12-5-3-10(4-6-12)9-1-2-9/h3-6,9,11,13,16H,1-2,7-8H2,(H,17,18)/t11-,13-/m1/s1. The molecule has 1 aliphatic carbocycles. The van der Waals surface area contributed by atoms with Gasteiger partial charge in [-0.15, -0.1) is 0 Å². The van der Waals surface area contributed by atoms with Gasteiger partial charge in [0.25, 0.3) is 0 Å². The van der Waals surface area contributed by atoms with E-state index >= 15 is 0 Å². The molecule has 2 atom stereocenters. The number of nitrogens with one attached hydrogen (secondary N) is 2. The number of hydrogen-bond acceptors (Lipinski definition) is 2. The zero-order valence-electron chi connectivity index (χ0n) is 10.2. The molecule has 2 N–H and O–H groups in total. The van der Waals surface area contributed by atoms with Gasteiger partial charge in [0, 0.05) is 18.7 Å². The van der Waals surface area contributed by atoms with Gasteiger partial charge in [-0.05, 0) is 36.5 Å². The number of anilines is 1. The van der Waals surface area contributed by atoms with Crippen LogP contribution in [0.4, 0.5) is 10.1 Å². The second-order valence-electron chi connectivity index (χ2n) is 5.18. The smallest absolute Gasteiger partial charge is 0.241 e. The molecule has 1 saturated heterocycles. The van der Waals surface area contributed by atoms with Crippen molar-refractivity contribution in [3.8, 4) is 0 Å². The highest BCUT2D eigenvalue weighted by molar-refractivity contribution is 5.95. The maximum atomic E-state index is 13.0. The minimum Gasteiger partial charge on any atom is -0.325 e. The highest BCUT2D eigenvalue weighted by atomic mass is 19.1. The second-order valence-corrected chi connectivity index (χ2v) is 5.18. The number of amides is 1. The van der Waals surface area contributed by atoms with E-state index in [9.17, 15) is 9.18 Å². The van der Waals surface area contributed by atoms with Gasteiger partial charge in [-0.25, -0.2) is 4.39 Å². The summed E-state index contributed by atoms with van der Waals surface area (Å²) in [7, 11) is 0. The summed E-state index contributed by atoms with van der Waals surface area (Å²) in [6.07, 6.45) is 1.91. The van der Waals surface area contributed by atoms with Crippen molar-refractivity contribution in [2.24, 2.45) is 0 Å². The topological polar surface area (TPSA) is 41.1 Å². The maximum Gasteiger partial charge on any atom is 0.241 e. The summed E-state index contributed by atoms with van der Waals surface area (Å²) in [5.41, 5.74) is 2.13. The fraction of sp³-hybridized carbons (Fsp3) is 0.500. The first-order valence-electron chi connectivity index (χ1n) is 6.50. The van der Waals surface area contributed by atoms with E-state index in [-0.39, 0.29) is 18.9 Å². The third-order valence-corrected chi connectivity index (χ3v) is 3.62. The molecule has 3 nitrogen and oxygen atoms in total. The largest absolute Gasteiger partial charge is 0.325 e. The van der Waals surface area contributed by atoms with Crippen molar-refractivity contribution in [1.29, 1.82) is 0 Å². The van der Waals surface area contributed by atoms with Crippen LogP contribution in [0.15, 0.2) is 24.3 Å². The van der Waals surface area contributed by atoms with Gasteiger partial charge in [0.2, 0.25) is 5.91 Å². The van der Waals surface area contributed by atoms with E-state index in [1.165, 1.54) is 18.4 Å². The van der Waals surface area contributed by atoms with Gasteiger partial charge in [0.1, 0.15) is 6.17 Å². The van der Waals surface area contributed by atoms with E-state index in [0.717, 1.165) is 11.6 Å². The molecule has 3 rings (SSSR count). The van der Waals surface area contributed by atoms with E-state index in [1.54, 1.807) is 0 Å². The van der Waals surface area contributed by atoms with Crippen LogP contribution in [0, 0.1) is 0 Å². The van der Waals surface area contributed by atoms with Crippen LogP contribution in [-0.4, -0.2) is 24.7 Å². The lowest BCUT2D eigenvalue weighted by Crippen LogP contribution is -2.35. The number of carbonyl (C=O) groups is 1. The Morgan fingerprint density at radius 1 is 1.28 bits per heavy atom. The molecule has 4 heteroatoms. The van der Waals surface area contributed by atoms with Crippen LogP contribution >= 0.6 is 0 Å². The molecule has 2 aliphatic rings. The van der Waals surface area contributed by atoms with E-state index in [1.807, 2.05) is 12.1 Å². The van der Waals surface area contributed by atoms with Crippen molar-refractivity contribution in [2.75, 3.05) is 11.9 Å². The minimum atomic E-state index is -0.905. The first-order valence-corrected chi connectivity index (χ1v) is 6.50. The molecule has 2 fully saturated rings. The van der Waals surface area contributed by atoms with Crippen LogP contribution in [0.1, 0.15) is 30.7 Å². The summed E-state index contributed by atoms with van der Waals surface area (Å²) in [4.78, 5) is 11.9. The maximum absolute atomic E-state index is 13.0. The zero-order valence-corrected chi connectivity index (χ0v) is 10.2. The summed E-state index contributed by atoms with van der Waals surface area (Å²) in [6.45, 7) is 0.276. The van der Waals surface area contributed by atoms with Gasteiger partial charge in [0.05, 0.1) is 6.04 Å². The lowest BCUT2D eigenvalue weighted by molar-refractivity contribution is -0.117. The van der Waals surface area contributed by atoms with E-state index in [0.29, 0.717) is 0 Å². The van der Waals surface area contributed by atoms with E-state index < -0.39 is 12.2 Å². The Hall–Kier alpha value is -1.42. The highest BCUT2D eigenvalue weighted by Gasteiger charge is 2.29. The molecule has 1 amide bonds. The SMILES string of the molecule is O=C(Nc1ccc(C2CC2)cc1)[C@H]1C[C@@H](F)CN1. The minimum absolute atomic E-state index is 0.144. The molecular weight excluding hydrogens is 231 g/mol. The average Bonchev–Trinajstić information content (AvgIpc) is 3.12. The molecule has 18 heavy (non-hydrogen) atoms. The summed E-state index contributed by atoms with van der Waals surface area (Å²) in [6, 6.07) is 7.57. The lowest BCUT2D eigenvalue weighted by atomic mass is 10.1. The van der Waals surface area contributed by atoms with Gasteiger partial charge < -0.3 is 10.6 Å². The summed E-state index contributed by atoms with van der Waals surface area (Å²) in [5.74, 6) is 0.577. The molecule has 0 radical (unpaired) electrons. The van der Waals surface area contributed by atoms with Gasteiger partial charge in [-0.2, -0.15) is 0 Å². The van der Waals surface area contributed by atoms with Crippen molar-refractivity contribution >= 4 is 11.6 Å². The van der Waals surface area contributed by atoms with Crippen LogP contribution in [-0.2, 0) is 4.79 Å². The third kappa shape index (κ3) is 2.53. The molecule has 1 heterocycles. The lowest BCUT2D eigenvalue weighted by Gasteiger charge is -2.11. The van der Waals surface area contributed by atoms with E-state index in [4.69, 9.17) is 0 Å². The number of carbonyl (C=O) groups excluding carboxylic acids is 1. The molecule has 0 bridgehead atoms. The molecular formula is C14H17FN2O. The fourth-order valence-corrected chi connectivity index (χ4v) is 2.38. The predicted octanol–water partition coefficient (Wildman–Crippen LogP) is 2.20. The quantitative estimate of drug-likeness (QED) is 0.861. The van der Waals surface area contributed by atoms with Crippen LogP contribution in [0.3, 0.4) is 0 Å². The van der Waals surface area contributed by atoms with Crippen LogP contribution in [0.2, 0.25) is 0 Å². The molecule has 0 aromatic heterocycles. The molecule has 1 saturated carbocycles. The first kappa shape index (κ1) is 11.7. The summed E-state index contributed by atoms with van der Waals surface area (Å²) >= 11 is 0. The van der Waals surface area contributed by atoms with Crippen LogP contribution < -0.4 is 10.6 Å². The van der Waals surface area contributed by atoms with Crippen molar-refractivity contribution in [2.45, 2.75) is 37.4 Å². The Morgan fingerprint density at radius 3 is 2.56 bits per heavy atom. The highest BCUT2D eigenvalue weighted by Crippen LogP contribution is 2.40. The molecule has 1 aromatic rings. The number of rotatable bonds is 3. The number of benzene rings is 1. The Balaban J connectivity index is 1.59. The monoisotopic (exact) mass is 248 g/mol. The Bertz CT molecular complexity index is 442. The first-order chi connectivity index (χ1) is 8.72. The molecule has 1 aromatic carbocycles. The Morgan fingerprint density at radius 2 is 2.00 bits per heavy atom. The molecule has 1 aliphatic heterocycles. The molecule has 0 spiro atoms. The second kappa shape index (κ2) is 4.69. The van der Waals surface area contributed by atoms with Gasteiger partial charge in [-0.3, -0.25) is 4.79 Å². The van der Waals surface area contributed by atoms with Crippen molar-refractivity contribution < 1.29 is 9.18 Å². The van der Waals surface area contributed by atoms with Crippen molar-refractivity contribution in [3.63, 3.8) is 0 Å². The van der Waals surface area contributed by atoms with Gasteiger partial charge >= 0.3 is 0 Å². The molecule has 0 unspecified atom stereocenters. The van der Waals surface area contributed by atoms with Crippen molar-refractivity contribution in [3.05, 3.63) is 29.8 Å².